The second-order valence-electron chi connectivity index (χ2n) is 8.69. The highest BCUT2D eigenvalue weighted by molar-refractivity contribution is 5.99. The van der Waals surface area contributed by atoms with Crippen LogP contribution in [-0.4, -0.2) is 36.7 Å². The highest BCUT2D eigenvalue weighted by Gasteiger charge is 2.33. The molecule has 8 heteroatoms. The van der Waals surface area contributed by atoms with E-state index in [1.165, 1.54) is 5.57 Å². The summed E-state index contributed by atoms with van der Waals surface area (Å²) in [4.78, 5) is 13.2. The molecular weight excluding hydrogens is 406 g/mol. The highest BCUT2D eigenvalue weighted by atomic mass is 16.3. The molecular formula is C24H33N5O3. The molecule has 1 amide bonds. The molecule has 0 saturated carbocycles. The van der Waals surface area contributed by atoms with Gasteiger partial charge in [-0.15, -0.1) is 10.2 Å². The van der Waals surface area contributed by atoms with E-state index < -0.39 is 5.91 Å². The van der Waals surface area contributed by atoms with Gasteiger partial charge in [-0.1, -0.05) is 48.8 Å². The molecule has 32 heavy (non-hydrogen) atoms. The molecule has 1 aliphatic carbocycles. The van der Waals surface area contributed by atoms with Crippen LogP contribution < -0.4 is 5.32 Å². The Morgan fingerprint density at radius 2 is 2.12 bits per heavy atom. The van der Waals surface area contributed by atoms with Gasteiger partial charge in [-0.05, 0) is 57.1 Å². The van der Waals surface area contributed by atoms with E-state index in [-0.39, 0.29) is 35.4 Å². The summed E-state index contributed by atoms with van der Waals surface area (Å²) in [6, 6.07) is 1.64. The number of allylic oxidation sites excluding steroid dienone is 3. The Labute approximate surface area is 188 Å². The average Bonchev–Trinajstić information content (AvgIpc) is 3.25. The van der Waals surface area contributed by atoms with Crippen molar-refractivity contribution in [2.75, 3.05) is 0 Å². The summed E-state index contributed by atoms with van der Waals surface area (Å²) in [7, 11) is 0. The maximum Gasteiger partial charge on any atom is 0.255 e. The third-order valence-electron chi connectivity index (χ3n) is 6.19. The van der Waals surface area contributed by atoms with Gasteiger partial charge >= 0.3 is 0 Å². The van der Waals surface area contributed by atoms with Crippen LogP contribution in [0.3, 0.4) is 0 Å². The quantitative estimate of drug-likeness (QED) is 0.341. The van der Waals surface area contributed by atoms with E-state index in [0.717, 1.165) is 37.7 Å². The number of H-pyrrole nitrogens is 1. The molecule has 0 fully saturated rings. The first kappa shape index (κ1) is 23.5. The van der Waals surface area contributed by atoms with E-state index >= 15 is 0 Å². The van der Waals surface area contributed by atoms with E-state index in [4.69, 9.17) is 0 Å². The van der Waals surface area contributed by atoms with Crippen molar-refractivity contribution in [3.63, 3.8) is 0 Å². The standard InChI is InChI=1S/C24H33N5O3/c1-5-6-7-8-16-12-19(30)22(18-11-15(4)9-10-17(18)14(2)3)23(31)21(16)24(32)25-13-20-26-28-29-27-20/h11-12,17-18,30-31H,2,5-10,13H2,1,3-4H3,(H,25,32)(H,26,27,28,29). The fourth-order valence-corrected chi connectivity index (χ4v) is 4.48. The molecule has 2 aromatic rings. The Bertz CT molecular complexity index is 998. The molecule has 2 atom stereocenters. The van der Waals surface area contributed by atoms with Crippen LogP contribution in [-0.2, 0) is 13.0 Å². The third kappa shape index (κ3) is 5.18. The van der Waals surface area contributed by atoms with Gasteiger partial charge in [0, 0.05) is 11.5 Å². The lowest BCUT2D eigenvalue weighted by atomic mass is 9.73. The lowest BCUT2D eigenvalue weighted by Crippen LogP contribution is -2.26. The fraction of sp³-hybridized carbons (Fsp3) is 0.500. The van der Waals surface area contributed by atoms with E-state index in [1.54, 1.807) is 6.07 Å². The normalized spacial score (nSPS) is 18.3. The minimum absolute atomic E-state index is 0.0194. The van der Waals surface area contributed by atoms with Crippen molar-refractivity contribution >= 4 is 5.91 Å². The minimum atomic E-state index is -0.427. The zero-order valence-electron chi connectivity index (χ0n) is 19.1. The summed E-state index contributed by atoms with van der Waals surface area (Å²) >= 11 is 0. The Balaban J connectivity index is 2.04. The van der Waals surface area contributed by atoms with E-state index in [9.17, 15) is 15.0 Å². The van der Waals surface area contributed by atoms with Crippen molar-refractivity contribution < 1.29 is 15.0 Å². The van der Waals surface area contributed by atoms with Gasteiger partial charge in [0.2, 0.25) is 0 Å². The van der Waals surface area contributed by atoms with Crippen LogP contribution in [0.1, 0.15) is 86.1 Å². The number of nitrogens with one attached hydrogen (secondary N) is 2. The first-order valence-electron chi connectivity index (χ1n) is 11.2. The lowest BCUT2D eigenvalue weighted by molar-refractivity contribution is 0.0946. The summed E-state index contributed by atoms with van der Waals surface area (Å²) in [5, 5.41) is 38.6. The van der Waals surface area contributed by atoms with E-state index in [2.05, 4.69) is 45.5 Å². The van der Waals surface area contributed by atoms with Crippen LogP contribution in [0, 0.1) is 5.92 Å². The van der Waals surface area contributed by atoms with Crippen LogP contribution in [0.15, 0.2) is 29.9 Å². The number of carbonyl (C=O) groups is 1. The monoisotopic (exact) mass is 439 g/mol. The second kappa shape index (κ2) is 10.4. The summed E-state index contributed by atoms with van der Waals surface area (Å²) in [6.45, 7) is 10.3. The second-order valence-corrected chi connectivity index (χ2v) is 8.69. The van der Waals surface area contributed by atoms with Gasteiger partial charge in [-0.25, -0.2) is 0 Å². The van der Waals surface area contributed by atoms with Crippen LogP contribution in [0.25, 0.3) is 0 Å². The zero-order valence-corrected chi connectivity index (χ0v) is 19.1. The zero-order chi connectivity index (χ0) is 23.3. The largest absolute Gasteiger partial charge is 0.507 e. The van der Waals surface area contributed by atoms with Gasteiger partial charge in [0.05, 0.1) is 12.1 Å². The Morgan fingerprint density at radius 3 is 2.78 bits per heavy atom. The molecule has 0 radical (unpaired) electrons. The predicted octanol–water partition coefficient (Wildman–Crippen LogP) is 4.29. The van der Waals surface area contributed by atoms with Crippen LogP contribution in [0.4, 0.5) is 0 Å². The molecule has 4 N–H and O–H groups in total. The first-order valence-corrected chi connectivity index (χ1v) is 11.2. The molecule has 3 rings (SSSR count). The molecule has 8 nitrogen and oxygen atoms in total. The number of aromatic amines is 1. The van der Waals surface area contributed by atoms with Gasteiger partial charge in [0.1, 0.15) is 11.5 Å². The van der Waals surface area contributed by atoms with Crippen molar-refractivity contribution in [3.8, 4) is 11.5 Å². The number of benzene rings is 1. The van der Waals surface area contributed by atoms with Gasteiger partial charge in [0.15, 0.2) is 5.82 Å². The van der Waals surface area contributed by atoms with Gasteiger partial charge in [0.25, 0.3) is 5.91 Å². The minimum Gasteiger partial charge on any atom is -0.507 e. The topological polar surface area (TPSA) is 124 Å². The molecule has 1 aliphatic rings. The number of phenolic OH excluding ortho intramolecular Hbond substituents is 2. The van der Waals surface area contributed by atoms with E-state index in [0.29, 0.717) is 23.4 Å². The molecule has 0 spiro atoms. The maximum atomic E-state index is 13.2. The number of carbonyl (C=O) groups excluding carboxylic acids is 1. The van der Waals surface area contributed by atoms with Crippen LogP contribution in [0.5, 0.6) is 11.5 Å². The van der Waals surface area contributed by atoms with Gasteiger partial charge in [-0.3, -0.25) is 4.79 Å². The number of rotatable bonds is 9. The summed E-state index contributed by atoms with van der Waals surface area (Å²) in [5.74, 6) is -0.386. The van der Waals surface area contributed by atoms with Crippen molar-refractivity contribution in [1.82, 2.24) is 25.9 Å². The molecule has 1 heterocycles. The van der Waals surface area contributed by atoms with Crippen LogP contribution in [0.2, 0.25) is 0 Å². The first-order chi connectivity index (χ1) is 15.3. The molecule has 0 saturated heterocycles. The molecule has 2 unspecified atom stereocenters. The Kier molecular flexibility index (Phi) is 7.66. The third-order valence-corrected chi connectivity index (χ3v) is 6.19. The Hall–Kier alpha value is -3.16. The summed E-state index contributed by atoms with van der Waals surface area (Å²) in [5.41, 5.74) is 3.41. The molecule has 0 bridgehead atoms. The lowest BCUT2D eigenvalue weighted by Gasteiger charge is -2.32. The number of aromatic nitrogens is 4. The van der Waals surface area contributed by atoms with Crippen molar-refractivity contribution in [3.05, 3.63) is 52.4 Å². The number of amides is 1. The van der Waals surface area contributed by atoms with Gasteiger partial charge in [-0.2, -0.15) is 5.21 Å². The number of aromatic hydroxyl groups is 2. The maximum absolute atomic E-state index is 13.2. The SMILES string of the molecule is C=C(C)C1CCC(C)=CC1c1c(O)cc(CCCCC)c(C(=O)NCc2nn[nH]n2)c1O. The van der Waals surface area contributed by atoms with Crippen molar-refractivity contribution in [2.24, 2.45) is 5.92 Å². The van der Waals surface area contributed by atoms with Crippen LogP contribution >= 0.6 is 0 Å². The number of tetrazole rings is 1. The number of nitrogens with zero attached hydrogens (tertiary/aromatic N) is 3. The number of aryl methyl sites for hydroxylation is 1. The van der Waals surface area contributed by atoms with E-state index in [1.807, 2.05) is 13.8 Å². The van der Waals surface area contributed by atoms with Crippen molar-refractivity contribution in [1.29, 1.82) is 0 Å². The highest BCUT2D eigenvalue weighted by Crippen LogP contribution is 2.48. The number of hydrogen-bond acceptors (Lipinski definition) is 6. The number of hydrogen-bond donors (Lipinski definition) is 4. The van der Waals surface area contributed by atoms with Crippen molar-refractivity contribution in [2.45, 2.75) is 71.8 Å². The molecule has 1 aromatic heterocycles. The summed E-state index contributed by atoms with van der Waals surface area (Å²) in [6.07, 6.45) is 7.38. The Morgan fingerprint density at radius 1 is 1.34 bits per heavy atom. The average molecular weight is 440 g/mol. The smallest absolute Gasteiger partial charge is 0.255 e. The predicted molar refractivity (Wildman–Crippen MR) is 122 cm³/mol. The molecule has 0 aliphatic heterocycles. The van der Waals surface area contributed by atoms with Gasteiger partial charge < -0.3 is 15.5 Å². The fourth-order valence-electron chi connectivity index (χ4n) is 4.48. The number of phenols is 2. The summed E-state index contributed by atoms with van der Waals surface area (Å²) < 4.78 is 0. The molecule has 1 aromatic carbocycles. The number of unbranched alkanes of at least 4 members (excludes halogenated alkanes) is 2. The molecule has 172 valence electrons.